The molecule has 1 heterocycles. The fraction of sp³-hybridized carbons (Fsp3) is 0.400. The molecule has 0 spiro atoms. The zero-order chi connectivity index (χ0) is 24.2. The molecule has 3 rings (SSSR count). The molecular formula is C25H30N2O7. The van der Waals surface area contributed by atoms with E-state index in [2.05, 4.69) is 5.32 Å². The summed E-state index contributed by atoms with van der Waals surface area (Å²) in [4.78, 5) is 39.4. The van der Waals surface area contributed by atoms with Crippen LogP contribution in [0.5, 0.6) is 11.5 Å². The van der Waals surface area contributed by atoms with Gasteiger partial charge in [0.25, 0.3) is 5.91 Å². The average molecular weight is 471 g/mol. The third kappa shape index (κ3) is 7.48. The van der Waals surface area contributed by atoms with Crippen LogP contribution in [0, 0.1) is 0 Å². The number of nitrogens with zero attached hydrogens (tertiary/aromatic N) is 1. The summed E-state index contributed by atoms with van der Waals surface area (Å²) >= 11 is 0. The van der Waals surface area contributed by atoms with E-state index in [0.717, 1.165) is 0 Å². The first-order valence-electron chi connectivity index (χ1n) is 11.3. The molecule has 0 aliphatic carbocycles. The molecule has 9 nitrogen and oxygen atoms in total. The van der Waals surface area contributed by atoms with Crippen molar-refractivity contribution < 1.29 is 33.3 Å². The van der Waals surface area contributed by atoms with Crippen LogP contribution in [-0.4, -0.2) is 74.8 Å². The smallest absolute Gasteiger partial charge is 0.308 e. The van der Waals surface area contributed by atoms with Gasteiger partial charge in [-0.1, -0.05) is 24.3 Å². The average Bonchev–Trinajstić information content (AvgIpc) is 2.86. The predicted octanol–water partition coefficient (Wildman–Crippen LogP) is 2.05. The van der Waals surface area contributed by atoms with Crippen LogP contribution in [0.1, 0.15) is 23.7 Å². The molecule has 2 aromatic carbocycles. The lowest BCUT2D eigenvalue weighted by Crippen LogP contribution is -2.57. The SMILES string of the molecule is CCOCCOc1cccc(C(=O)N2CCNC(=O)C2CC(=O)OCCOc2ccccc2)c1. The van der Waals surface area contributed by atoms with Gasteiger partial charge in [-0.2, -0.15) is 0 Å². The van der Waals surface area contributed by atoms with Gasteiger partial charge in [-0.05, 0) is 37.3 Å². The Hall–Kier alpha value is -3.59. The van der Waals surface area contributed by atoms with Crippen molar-refractivity contribution >= 4 is 17.8 Å². The second-order valence-corrected chi connectivity index (χ2v) is 7.46. The van der Waals surface area contributed by atoms with Gasteiger partial charge in [0.1, 0.15) is 37.4 Å². The minimum Gasteiger partial charge on any atom is -0.491 e. The van der Waals surface area contributed by atoms with Crippen molar-refractivity contribution in [1.29, 1.82) is 0 Å². The van der Waals surface area contributed by atoms with Crippen molar-refractivity contribution in [3.63, 3.8) is 0 Å². The Kier molecular flexibility index (Phi) is 9.72. The Labute approximate surface area is 198 Å². The summed E-state index contributed by atoms with van der Waals surface area (Å²) in [6, 6.07) is 15.0. The molecule has 182 valence electrons. The van der Waals surface area contributed by atoms with E-state index in [1.54, 1.807) is 36.4 Å². The molecule has 0 radical (unpaired) electrons. The van der Waals surface area contributed by atoms with E-state index in [0.29, 0.717) is 43.4 Å². The van der Waals surface area contributed by atoms with E-state index >= 15 is 0 Å². The van der Waals surface area contributed by atoms with Crippen molar-refractivity contribution in [2.45, 2.75) is 19.4 Å². The zero-order valence-corrected chi connectivity index (χ0v) is 19.2. The highest BCUT2D eigenvalue weighted by Gasteiger charge is 2.35. The highest BCUT2D eigenvalue weighted by Crippen LogP contribution is 2.19. The minimum atomic E-state index is -0.952. The van der Waals surface area contributed by atoms with Crippen LogP contribution in [-0.2, 0) is 19.1 Å². The lowest BCUT2D eigenvalue weighted by atomic mass is 10.1. The third-order valence-corrected chi connectivity index (χ3v) is 5.09. The van der Waals surface area contributed by atoms with Gasteiger partial charge in [-0.3, -0.25) is 14.4 Å². The number of para-hydroxylation sites is 1. The predicted molar refractivity (Wildman–Crippen MR) is 124 cm³/mol. The quantitative estimate of drug-likeness (QED) is 0.374. The first kappa shape index (κ1) is 25.0. The molecule has 0 saturated carbocycles. The number of rotatable bonds is 12. The molecule has 1 unspecified atom stereocenters. The van der Waals surface area contributed by atoms with E-state index < -0.39 is 12.0 Å². The molecule has 2 amide bonds. The summed E-state index contributed by atoms with van der Waals surface area (Å²) in [7, 11) is 0. The van der Waals surface area contributed by atoms with Gasteiger partial charge >= 0.3 is 5.97 Å². The van der Waals surface area contributed by atoms with Crippen LogP contribution < -0.4 is 14.8 Å². The number of benzene rings is 2. The number of esters is 1. The highest BCUT2D eigenvalue weighted by molar-refractivity contribution is 5.99. The summed E-state index contributed by atoms with van der Waals surface area (Å²) in [5, 5.41) is 2.71. The number of carbonyl (C=O) groups excluding carboxylic acids is 3. The van der Waals surface area contributed by atoms with Crippen LogP contribution in [0.2, 0.25) is 0 Å². The molecule has 0 aromatic heterocycles. The van der Waals surface area contributed by atoms with Gasteiger partial charge < -0.3 is 29.2 Å². The summed E-state index contributed by atoms with van der Waals surface area (Å²) in [5.74, 6) is -0.117. The lowest BCUT2D eigenvalue weighted by molar-refractivity contribution is -0.148. The Morgan fingerprint density at radius 1 is 0.971 bits per heavy atom. The maximum absolute atomic E-state index is 13.2. The minimum absolute atomic E-state index is 0.0388. The number of nitrogens with one attached hydrogen (secondary N) is 1. The maximum atomic E-state index is 13.2. The molecule has 1 atom stereocenters. The monoisotopic (exact) mass is 470 g/mol. The van der Waals surface area contributed by atoms with E-state index in [-0.39, 0.29) is 38.0 Å². The van der Waals surface area contributed by atoms with Gasteiger partial charge in [0.15, 0.2) is 0 Å². The van der Waals surface area contributed by atoms with Gasteiger partial charge in [-0.25, -0.2) is 0 Å². The van der Waals surface area contributed by atoms with E-state index in [1.807, 2.05) is 25.1 Å². The van der Waals surface area contributed by atoms with Crippen LogP contribution in [0.15, 0.2) is 54.6 Å². The normalized spacial score (nSPS) is 15.4. The topological polar surface area (TPSA) is 103 Å². The van der Waals surface area contributed by atoms with E-state index in [9.17, 15) is 14.4 Å². The molecule has 1 aliphatic rings. The van der Waals surface area contributed by atoms with Crippen molar-refractivity contribution in [3.8, 4) is 11.5 Å². The number of ether oxygens (including phenoxy) is 4. The molecule has 9 heteroatoms. The molecule has 34 heavy (non-hydrogen) atoms. The molecule has 1 saturated heterocycles. The van der Waals surface area contributed by atoms with Gasteiger partial charge in [0.2, 0.25) is 5.91 Å². The Bertz CT molecular complexity index is 951. The third-order valence-electron chi connectivity index (χ3n) is 5.09. The van der Waals surface area contributed by atoms with Crippen molar-refractivity contribution in [1.82, 2.24) is 10.2 Å². The molecule has 2 aromatic rings. The summed E-state index contributed by atoms with van der Waals surface area (Å²) < 4.78 is 21.6. The number of carbonyl (C=O) groups is 3. The van der Waals surface area contributed by atoms with Crippen molar-refractivity contribution in [2.24, 2.45) is 0 Å². The lowest BCUT2D eigenvalue weighted by Gasteiger charge is -2.34. The summed E-state index contributed by atoms with van der Waals surface area (Å²) in [6.07, 6.45) is -0.243. The molecule has 0 bridgehead atoms. The van der Waals surface area contributed by atoms with Crippen LogP contribution in [0.3, 0.4) is 0 Å². The van der Waals surface area contributed by atoms with Crippen LogP contribution in [0.25, 0.3) is 0 Å². The van der Waals surface area contributed by atoms with E-state index in [4.69, 9.17) is 18.9 Å². The Morgan fingerprint density at radius 3 is 2.50 bits per heavy atom. The number of piperazine rings is 1. The fourth-order valence-corrected chi connectivity index (χ4v) is 3.46. The molecule has 1 N–H and O–H groups in total. The number of hydrogen-bond acceptors (Lipinski definition) is 7. The van der Waals surface area contributed by atoms with Gasteiger partial charge in [0, 0.05) is 25.3 Å². The second-order valence-electron chi connectivity index (χ2n) is 7.46. The first-order valence-corrected chi connectivity index (χ1v) is 11.3. The van der Waals surface area contributed by atoms with Gasteiger partial charge in [0.05, 0.1) is 13.0 Å². The Balaban J connectivity index is 1.55. The maximum Gasteiger partial charge on any atom is 0.308 e. The molecule has 1 fully saturated rings. The summed E-state index contributed by atoms with van der Waals surface area (Å²) in [6.45, 7) is 4.13. The van der Waals surface area contributed by atoms with E-state index in [1.165, 1.54) is 4.90 Å². The van der Waals surface area contributed by atoms with Gasteiger partial charge in [-0.15, -0.1) is 0 Å². The Morgan fingerprint density at radius 2 is 1.71 bits per heavy atom. The van der Waals surface area contributed by atoms with Crippen LogP contribution >= 0.6 is 0 Å². The van der Waals surface area contributed by atoms with Crippen molar-refractivity contribution in [2.75, 3.05) is 46.1 Å². The highest BCUT2D eigenvalue weighted by atomic mass is 16.6. The zero-order valence-electron chi connectivity index (χ0n) is 19.2. The summed E-state index contributed by atoms with van der Waals surface area (Å²) in [5.41, 5.74) is 0.373. The fourth-order valence-electron chi connectivity index (χ4n) is 3.46. The number of amides is 2. The second kappa shape index (κ2) is 13.2. The molecule has 1 aliphatic heterocycles. The molecular weight excluding hydrogens is 440 g/mol. The first-order chi connectivity index (χ1) is 16.6. The van der Waals surface area contributed by atoms with Crippen molar-refractivity contribution in [3.05, 3.63) is 60.2 Å². The largest absolute Gasteiger partial charge is 0.491 e. The number of hydrogen-bond donors (Lipinski definition) is 1. The van der Waals surface area contributed by atoms with Crippen LogP contribution in [0.4, 0.5) is 0 Å². The standard InChI is InChI=1S/C25H30N2O7/c1-2-31-13-14-33-21-10-6-7-19(17-21)25(30)27-12-11-26-24(29)22(27)18-23(28)34-16-15-32-20-8-4-3-5-9-20/h3-10,17,22H,2,11-16,18H2,1H3,(H,26,29).